The molecule has 22 heavy (non-hydrogen) atoms. The van der Waals surface area contributed by atoms with Crippen molar-refractivity contribution in [3.63, 3.8) is 0 Å². The summed E-state index contributed by atoms with van der Waals surface area (Å²) in [6.45, 7) is 1.52. The molecule has 0 aromatic carbocycles. The van der Waals surface area contributed by atoms with Crippen LogP contribution in [0.3, 0.4) is 0 Å². The second-order valence-corrected chi connectivity index (χ2v) is 5.85. The van der Waals surface area contributed by atoms with Crippen LogP contribution < -0.4 is 10.6 Å². The molecular weight excluding hydrogens is 343 g/mol. The number of hydrogen-bond acceptors (Lipinski definition) is 6. The quantitative estimate of drug-likeness (QED) is 0.590. The van der Waals surface area contributed by atoms with Crippen molar-refractivity contribution in [3.05, 3.63) is 33.6 Å². The maximum Gasteiger partial charge on any atom is 0.226 e. The van der Waals surface area contributed by atoms with Gasteiger partial charge in [0.1, 0.15) is 16.5 Å². The van der Waals surface area contributed by atoms with E-state index in [1.54, 1.807) is 17.5 Å². The van der Waals surface area contributed by atoms with Crippen LogP contribution in [0.2, 0.25) is 5.28 Å². The van der Waals surface area contributed by atoms with Gasteiger partial charge in [-0.25, -0.2) is 9.97 Å². The summed E-state index contributed by atoms with van der Waals surface area (Å²) >= 11 is 7.59. The summed E-state index contributed by atoms with van der Waals surface area (Å²) in [5.41, 5.74) is 1.86. The number of aromatic amines is 1. The van der Waals surface area contributed by atoms with Crippen molar-refractivity contribution in [1.82, 2.24) is 25.3 Å². The Morgan fingerprint density at radius 1 is 1.36 bits per heavy atom. The van der Waals surface area contributed by atoms with Crippen LogP contribution in [0.4, 0.5) is 5.82 Å². The first-order valence-electron chi connectivity index (χ1n) is 6.58. The summed E-state index contributed by atoms with van der Waals surface area (Å²) in [5.74, 6) is 0.729. The normalized spacial score (nSPS) is 10.6. The van der Waals surface area contributed by atoms with Crippen LogP contribution in [0.1, 0.15) is 10.7 Å². The molecule has 0 fully saturated rings. The van der Waals surface area contributed by atoms with E-state index in [-0.39, 0.29) is 17.7 Å². The third kappa shape index (κ3) is 3.86. The minimum Gasteiger partial charge on any atom is -0.363 e. The molecule has 0 aliphatic carbocycles. The van der Waals surface area contributed by atoms with Crippen LogP contribution in [0, 0.1) is 0 Å². The number of rotatable bonds is 6. The molecule has 6 nitrogen and oxygen atoms in total. The first-order chi connectivity index (χ1) is 10.3. The fraction of sp³-hybridized carbons (Fsp3) is 0.308. The first-order valence-corrected chi connectivity index (χ1v) is 7.84. The van der Waals surface area contributed by atoms with E-state index >= 15 is 0 Å². The number of anilines is 1. The maximum atomic E-state index is 5.99. The summed E-state index contributed by atoms with van der Waals surface area (Å²) < 4.78 is 0. The Kier molecular flexibility index (Phi) is 5.96. The number of H-pyrrole nitrogens is 1. The molecule has 0 spiro atoms. The van der Waals surface area contributed by atoms with Crippen LogP contribution in [-0.2, 0) is 13.0 Å². The average molecular weight is 359 g/mol. The van der Waals surface area contributed by atoms with Gasteiger partial charge in [-0.2, -0.15) is 4.98 Å². The van der Waals surface area contributed by atoms with E-state index in [0.29, 0.717) is 6.54 Å². The zero-order valence-corrected chi connectivity index (χ0v) is 14.3. The Hall–Kier alpha value is -1.41. The van der Waals surface area contributed by atoms with Gasteiger partial charge < -0.3 is 15.6 Å². The molecule has 118 valence electrons. The molecule has 3 N–H and O–H groups in total. The topological polar surface area (TPSA) is 78.5 Å². The van der Waals surface area contributed by atoms with E-state index in [1.807, 2.05) is 12.4 Å². The lowest BCUT2D eigenvalue weighted by Crippen LogP contribution is -2.10. The predicted octanol–water partition coefficient (Wildman–Crippen LogP) is 2.86. The van der Waals surface area contributed by atoms with Gasteiger partial charge in [-0.15, -0.1) is 23.7 Å². The number of hydrogen-bond donors (Lipinski definition) is 3. The average Bonchev–Trinajstić information content (AvgIpc) is 3.11. The standard InChI is InChI=1S/C13H15ClN6S.ClH/c1-15-3-2-8-6-9-11(17-7-10-16-4-5-21-10)19-13(14)20-12(9)18-8;/h4-6,15H,2-3,7H2,1H3,(H2,17,18,19,20);1H. The summed E-state index contributed by atoms with van der Waals surface area (Å²) in [5, 5.41) is 10.5. The molecule has 3 heterocycles. The Labute approximate surface area is 143 Å². The molecule has 0 bridgehead atoms. The zero-order chi connectivity index (χ0) is 14.7. The number of aromatic nitrogens is 4. The Bertz CT molecular complexity index is 728. The molecule has 0 amide bonds. The molecule has 0 aliphatic heterocycles. The van der Waals surface area contributed by atoms with Crippen molar-refractivity contribution in [3.8, 4) is 0 Å². The van der Waals surface area contributed by atoms with E-state index in [4.69, 9.17) is 11.6 Å². The van der Waals surface area contributed by atoms with Gasteiger partial charge in [-0.1, -0.05) is 0 Å². The fourth-order valence-electron chi connectivity index (χ4n) is 2.07. The predicted molar refractivity (Wildman–Crippen MR) is 93.2 cm³/mol. The highest BCUT2D eigenvalue weighted by Crippen LogP contribution is 2.24. The highest BCUT2D eigenvalue weighted by Gasteiger charge is 2.10. The van der Waals surface area contributed by atoms with E-state index in [2.05, 4.69) is 36.6 Å². The van der Waals surface area contributed by atoms with Gasteiger partial charge >= 0.3 is 0 Å². The number of likely N-dealkylation sites (N-methyl/N-ethyl adjacent to an activating group) is 1. The van der Waals surface area contributed by atoms with Gasteiger partial charge in [-0.05, 0) is 31.1 Å². The number of nitrogens with one attached hydrogen (secondary N) is 3. The van der Waals surface area contributed by atoms with Crippen molar-refractivity contribution < 1.29 is 0 Å². The molecule has 9 heteroatoms. The molecule has 3 rings (SSSR count). The number of fused-ring (bicyclic) bond motifs is 1. The summed E-state index contributed by atoms with van der Waals surface area (Å²) in [4.78, 5) is 16.0. The zero-order valence-electron chi connectivity index (χ0n) is 11.9. The minimum atomic E-state index is 0. The molecule has 0 atom stereocenters. The van der Waals surface area contributed by atoms with Gasteiger partial charge in [0, 0.05) is 23.8 Å². The SMILES string of the molecule is CNCCc1cc2c(NCc3nccs3)nc(Cl)nc2[nH]1.Cl. The molecule has 0 unspecified atom stereocenters. The lowest BCUT2D eigenvalue weighted by molar-refractivity contribution is 0.781. The number of thiazole rings is 1. The molecular formula is C13H16Cl2N6S. The Morgan fingerprint density at radius 3 is 2.95 bits per heavy atom. The van der Waals surface area contributed by atoms with Crippen LogP contribution in [-0.4, -0.2) is 33.5 Å². The largest absolute Gasteiger partial charge is 0.363 e. The second-order valence-electron chi connectivity index (χ2n) is 4.53. The fourth-order valence-corrected chi connectivity index (χ4v) is 2.79. The van der Waals surface area contributed by atoms with Crippen molar-refractivity contribution in [1.29, 1.82) is 0 Å². The van der Waals surface area contributed by atoms with Gasteiger partial charge in [0.2, 0.25) is 5.28 Å². The van der Waals surface area contributed by atoms with Gasteiger partial charge in [0.05, 0.1) is 11.9 Å². The summed E-state index contributed by atoms with van der Waals surface area (Å²) in [7, 11) is 1.93. The van der Waals surface area contributed by atoms with E-state index in [1.165, 1.54) is 0 Å². The molecule has 0 saturated carbocycles. The highest BCUT2D eigenvalue weighted by molar-refractivity contribution is 7.09. The first kappa shape index (κ1) is 17.0. The third-order valence-corrected chi connectivity index (χ3v) is 4.00. The van der Waals surface area contributed by atoms with E-state index in [0.717, 1.165) is 40.5 Å². The Morgan fingerprint density at radius 2 is 2.23 bits per heavy atom. The van der Waals surface area contributed by atoms with E-state index in [9.17, 15) is 0 Å². The molecule has 0 radical (unpaired) electrons. The van der Waals surface area contributed by atoms with Crippen LogP contribution in [0.25, 0.3) is 11.0 Å². The molecule has 3 aromatic heterocycles. The summed E-state index contributed by atoms with van der Waals surface area (Å²) in [6.07, 6.45) is 2.69. The monoisotopic (exact) mass is 358 g/mol. The smallest absolute Gasteiger partial charge is 0.226 e. The van der Waals surface area contributed by atoms with Crippen molar-refractivity contribution in [2.24, 2.45) is 0 Å². The van der Waals surface area contributed by atoms with Crippen LogP contribution >= 0.6 is 35.3 Å². The Balaban J connectivity index is 0.00000176. The lowest BCUT2D eigenvalue weighted by atomic mass is 10.3. The number of halogens is 2. The third-order valence-electron chi connectivity index (χ3n) is 3.05. The lowest BCUT2D eigenvalue weighted by Gasteiger charge is -2.04. The van der Waals surface area contributed by atoms with Crippen LogP contribution in [0.5, 0.6) is 0 Å². The molecule has 0 aliphatic rings. The van der Waals surface area contributed by atoms with Gasteiger partial charge in [-0.3, -0.25) is 0 Å². The van der Waals surface area contributed by atoms with Gasteiger partial charge in [0.15, 0.2) is 0 Å². The van der Waals surface area contributed by atoms with Crippen LogP contribution in [0.15, 0.2) is 17.6 Å². The van der Waals surface area contributed by atoms with Crippen molar-refractivity contribution >= 4 is 52.2 Å². The maximum absolute atomic E-state index is 5.99. The molecule has 3 aromatic rings. The van der Waals surface area contributed by atoms with Crippen molar-refractivity contribution in [2.45, 2.75) is 13.0 Å². The summed E-state index contributed by atoms with van der Waals surface area (Å²) in [6, 6.07) is 2.06. The molecule has 0 saturated heterocycles. The second kappa shape index (κ2) is 7.73. The van der Waals surface area contributed by atoms with Gasteiger partial charge in [0.25, 0.3) is 0 Å². The minimum absolute atomic E-state index is 0. The van der Waals surface area contributed by atoms with E-state index < -0.39 is 0 Å². The number of nitrogens with zero attached hydrogens (tertiary/aromatic N) is 3. The highest BCUT2D eigenvalue weighted by atomic mass is 35.5. The van der Waals surface area contributed by atoms with Crippen molar-refractivity contribution in [2.75, 3.05) is 18.9 Å².